The molecule has 0 fully saturated rings. The second-order valence-corrected chi connectivity index (χ2v) is 8.50. The molecule has 3 amide bonds. The number of hydrogen-bond acceptors (Lipinski definition) is 3. The van der Waals surface area contributed by atoms with Crippen LogP contribution in [0.4, 0.5) is 10.1 Å². The fraction of sp³-hybridized carbons (Fsp3) is 0.192. The Labute approximate surface area is 201 Å². The summed E-state index contributed by atoms with van der Waals surface area (Å²) in [7, 11) is 0. The molecule has 0 aliphatic carbocycles. The average molecular weight is 480 g/mol. The zero-order valence-electron chi connectivity index (χ0n) is 18.2. The van der Waals surface area contributed by atoms with Gasteiger partial charge in [-0.15, -0.1) is 0 Å². The van der Waals surface area contributed by atoms with Crippen molar-refractivity contribution in [1.29, 1.82) is 0 Å². The van der Waals surface area contributed by atoms with Crippen LogP contribution in [-0.4, -0.2) is 30.3 Å². The first-order chi connectivity index (χ1) is 16.4. The molecule has 0 unspecified atom stereocenters. The van der Waals surface area contributed by atoms with Gasteiger partial charge in [0.25, 0.3) is 5.91 Å². The van der Waals surface area contributed by atoms with E-state index >= 15 is 0 Å². The normalized spacial score (nSPS) is 16.0. The van der Waals surface area contributed by atoms with E-state index in [-0.39, 0.29) is 24.1 Å². The lowest BCUT2D eigenvalue weighted by molar-refractivity contribution is -0.125. The Hall–Kier alpha value is -3.71. The second-order valence-electron chi connectivity index (χ2n) is 8.06. The van der Waals surface area contributed by atoms with E-state index in [1.165, 1.54) is 12.1 Å². The van der Waals surface area contributed by atoms with Gasteiger partial charge < -0.3 is 16.0 Å². The summed E-state index contributed by atoms with van der Waals surface area (Å²) < 4.78 is 13.4. The lowest BCUT2D eigenvalue weighted by atomic mass is 9.88. The Bertz CT molecular complexity index is 1150. The highest BCUT2D eigenvalue weighted by atomic mass is 35.5. The van der Waals surface area contributed by atoms with Crippen LogP contribution < -0.4 is 16.0 Å². The van der Waals surface area contributed by atoms with Gasteiger partial charge in [0, 0.05) is 17.5 Å². The van der Waals surface area contributed by atoms with E-state index in [1.807, 2.05) is 12.1 Å². The van der Waals surface area contributed by atoms with Crippen molar-refractivity contribution < 1.29 is 18.8 Å². The van der Waals surface area contributed by atoms with Crippen molar-refractivity contribution in [3.8, 4) is 0 Å². The number of hydrogen-bond donors (Lipinski definition) is 3. The summed E-state index contributed by atoms with van der Waals surface area (Å²) in [5.41, 5.74) is 2.66. The highest BCUT2D eigenvalue weighted by Gasteiger charge is 2.29. The zero-order valence-corrected chi connectivity index (χ0v) is 18.9. The van der Waals surface area contributed by atoms with Crippen molar-refractivity contribution in [2.75, 3.05) is 11.9 Å². The monoisotopic (exact) mass is 479 g/mol. The number of halogens is 2. The van der Waals surface area contributed by atoms with Gasteiger partial charge >= 0.3 is 0 Å². The molecule has 6 nitrogen and oxygen atoms in total. The van der Waals surface area contributed by atoms with E-state index < -0.39 is 17.9 Å². The lowest BCUT2D eigenvalue weighted by Gasteiger charge is -2.19. The van der Waals surface area contributed by atoms with Crippen LogP contribution in [0, 0.1) is 5.82 Å². The van der Waals surface area contributed by atoms with E-state index in [4.69, 9.17) is 11.6 Å². The summed E-state index contributed by atoms with van der Waals surface area (Å²) in [6.07, 6.45) is 0.362. The summed E-state index contributed by atoms with van der Waals surface area (Å²) in [5.74, 6) is -1.63. The topological polar surface area (TPSA) is 87.3 Å². The van der Waals surface area contributed by atoms with Crippen LogP contribution in [0.3, 0.4) is 0 Å². The summed E-state index contributed by atoms with van der Waals surface area (Å²) in [4.78, 5) is 37.5. The molecule has 3 aromatic carbocycles. The fourth-order valence-corrected chi connectivity index (χ4v) is 4.11. The number of benzene rings is 3. The van der Waals surface area contributed by atoms with Gasteiger partial charge in [0.15, 0.2) is 0 Å². The summed E-state index contributed by atoms with van der Waals surface area (Å²) in [6.45, 7) is 0.325. The summed E-state index contributed by atoms with van der Waals surface area (Å²) in [6, 6.07) is 19.3. The maximum atomic E-state index is 13.4. The van der Waals surface area contributed by atoms with Gasteiger partial charge in [-0.2, -0.15) is 0 Å². The minimum absolute atomic E-state index is 0.0893. The van der Waals surface area contributed by atoms with E-state index in [0.29, 0.717) is 29.2 Å². The number of rotatable bonds is 7. The third-order valence-electron chi connectivity index (χ3n) is 5.74. The number of amides is 3. The third-order valence-corrected chi connectivity index (χ3v) is 5.99. The Morgan fingerprint density at radius 2 is 1.62 bits per heavy atom. The third kappa shape index (κ3) is 5.61. The molecular formula is C26H23ClFN3O3. The van der Waals surface area contributed by atoms with E-state index in [0.717, 1.165) is 11.1 Å². The molecule has 4 rings (SSSR count). The van der Waals surface area contributed by atoms with E-state index in [2.05, 4.69) is 16.0 Å². The lowest BCUT2D eigenvalue weighted by Crippen LogP contribution is -2.44. The minimum atomic E-state index is -0.982. The molecule has 34 heavy (non-hydrogen) atoms. The molecule has 1 aliphatic heterocycles. The molecule has 8 heteroatoms. The Kier molecular flexibility index (Phi) is 7.23. The SMILES string of the molecule is O=C(C[C@H]1NC(=O)c2ccccc2NC1=O)NCC[C@H](c1ccc(F)cc1)c1ccc(Cl)cc1. The first-order valence-electron chi connectivity index (χ1n) is 10.9. The number of para-hydroxylation sites is 1. The second kappa shape index (κ2) is 10.5. The minimum Gasteiger partial charge on any atom is -0.356 e. The number of anilines is 1. The van der Waals surface area contributed by atoms with Crippen molar-refractivity contribution >= 4 is 35.0 Å². The van der Waals surface area contributed by atoms with Crippen LogP contribution in [0.25, 0.3) is 0 Å². The van der Waals surface area contributed by atoms with Gasteiger partial charge in [-0.3, -0.25) is 14.4 Å². The maximum absolute atomic E-state index is 13.4. The first-order valence-corrected chi connectivity index (χ1v) is 11.3. The standard InChI is InChI=1S/C26H23ClFN3O3/c27-18-9-5-16(6-10-18)20(17-7-11-19(28)12-8-17)13-14-29-24(32)15-23-26(34)30-22-4-2-1-3-21(22)25(33)31-23/h1-12,20,23H,13-15H2,(H,29,32)(H,30,34)(H,31,33)/t20-,23+/m0/s1. The van der Waals surface area contributed by atoms with E-state index in [1.54, 1.807) is 48.5 Å². The highest BCUT2D eigenvalue weighted by Crippen LogP contribution is 2.29. The molecule has 0 aromatic heterocycles. The van der Waals surface area contributed by atoms with Gasteiger partial charge in [-0.1, -0.05) is 48.0 Å². The van der Waals surface area contributed by atoms with Crippen LogP contribution in [-0.2, 0) is 9.59 Å². The predicted octanol–water partition coefficient (Wildman–Crippen LogP) is 4.26. The summed E-state index contributed by atoms with van der Waals surface area (Å²) in [5, 5.41) is 8.75. The Morgan fingerprint density at radius 3 is 2.32 bits per heavy atom. The van der Waals surface area contributed by atoms with Gasteiger partial charge in [0.2, 0.25) is 11.8 Å². The molecule has 2 atom stereocenters. The fourth-order valence-electron chi connectivity index (χ4n) is 3.98. The Balaban J connectivity index is 1.38. The van der Waals surface area contributed by atoms with Crippen LogP contribution >= 0.6 is 11.6 Å². The van der Waals surface area contributed by atoms with Crippen molar-refractivity contribution in [2.24, 2.45) is 0 Å². The smallest absolute Gasteiger partial charge is 0.254 e. The van der Waals surface area contributed by atoms with Crippen LogP contribution in [0.1, 0.15) is 40.2 Å². The van der Waals surface area contributed by atoms with Crippen molar-refractivity contribution in [3.05, 3.63) is 100 Å². The molecule has 0 radical (unpaired) electrons. The molecular weight excluding hydrogens is 457 g/mol. The molecule has 3 N–H and O–H groups in total. The molecule has 1 heterocycles. The van der Waals surface area contributed by atoms with Gasteiger partial charge in [-0.05, 0) is 53.9 Å². The highest BCUT2D eigenvalue weighted by molar-refractivity contribution is 6.30. The summed E-state index contributed by atoms with van der Waals surface area (Å²) >= 11 is 6.02. The van der Waals surface area contributed by atoms with Gasteiger partial charge in [0.1, 0.15) is 11.9 Å². The van der Waals surface area contributed by atoms with Crippen molar-refractivity contribution in [2.45, 2.75) is 24.8 Å². The number of fused-ring (bicyclic) bond motifs is 1. The molecule has 3 aromatic rings. The largest absolute Gasteiger partial charge is 0.356 e. The van der Waals surface area contributed by atoms with Crippen molar-refractivity contribution in [1.82, 2.24) is 10.6 Å². The molecule has 0 saturated carbocycles. The van der Waals surface area contributed by atoms with Gasteiger partial charge in [-0.25, -0.2) is 4.39 Å². The number of carbonyl (C=O) groups excluding carboxylic acids is 3. The van der Waals surface area contributed by atoms with E-state index in [9.17, 15) is 18.8 Å². The Morgan fingerprint density at radius 1 is 0.971 bits per heavy atom. The van der Waals surface area contributed by atoms with Crippen molar-refractivity contribution in [3.63, 3.8) is 0 Å². The molecule has 174 valence electrons. The first kappa shape index (κ1) is 23.4. The molecule has 1 aliphatic rings. The zero-order chi connectivity index (χ0) is 24.1. The predicted molar refractivity (Wildman–Crippen MR) is 128 cm³/mol. The molecule has 0 saturated heterocycles. The number of carbonyl (C=O) groups is 3. The molecule has 0 spiro atoms. The quantitative estimate of drug-likeness (QED) is 0.473. The van der Waals surface area contributed by atoms with Crippen LogP contribution in [0.15, 0.2) is 72.8 Å². The molecule has 0 bridgehead atoms. The van der Waals surface area contributed by atoms with Gasteiger partial charge in [0.05, 0.1) is 17.7 Å². The maximum Gasteiger partial charge on any atom is 0.254 e. The van der Waals surface area contributed by atoms with Crippen LogP contribution in [0.2, 0.25) is 5.02 Å². The van der Waals surface area contributed by atoms with Crippen LogP contribution in [0.5, 0.6) is 0 Å². The number of nitrogens with one attached hydrogen (secondary N) is 3. The average Bonchev–Trinajstić information content (AvgIpc) is 2.94.